The number of carboxylic acids is 1. The molecule has 0 aliphatic rings. The number of carbonyl (C=O) groups excluding carboxylic acids is 2. The van der Waals surface area contributed by atoms with E-state index in [-0.39, 0.29) is 11.5 Å². The van der Waals surface area contributed by atoms with E-state index in [1.165, 1.54) is 34.8 Å². The zero-order valence-corrected chi connectivity index (χ0v) is 15.7. The van der Waals surface area contributed by atoms with E-state index in [1.807, 2.05) is 12.3 Å². The van der Waals surface area contributed by atoms with Crippen LogP contribution in [0.25, 0.3) is 10.6 Å². The first kappa shape index (κ1) is 18.0. The molecule has 2 N–H and O–H groups in total. The molecule has 2 aromatic heterocycles. The fourth-order valence-electron chi connectivity index (χ4n) is 2.14. The van der Waals surface area contributed by atoms with Gasteiger partial charge in [0.25, 0.3) is 0 Å². The smallest absolute Gasteiger partial charge is 0.225 e. The van der Waals surface area contributed by atoms with E-state index < -0.39 is 5.97 Å². The minimum Gasteiger partial charge on any atom is -0.545 e. The van der Waals surface area contributed by atoms with E-state index >= 15 is 0 Å². The summed E-state index contributed by atoms with van der Waals surface area (Å²) < 4.78 is 0. The number of nitrogens with one attached hydrogen (secondary N) is 2. The second-order valence-electron chi connectivity index (χ2n) is 5.36. The quantitative estimate of drug-likeness (QED) is 0.673. The van der Waals surface area contributed by atoms with Crippen LogP contribution >= 0.6 is 22.7 Å². The maximum Gasteiger partial charge on any atom is 0.225 e. The van der Waals surface area contributed by atoms with Gasteiger partial charge in [-0.1, -0.05) is 30.4 Å². The van der Waals surface area contributed by atoms with Crippen LogP contribution in [0.15, 0.2) is 29.6 Å². The molecule has 1 aromatic carbocycles. The van der Waals surface area contributed by atoms with Gasteiger partial charge in [-0.2, -0.15) is 0 Å². The highest BCUT2D eigenvalue weighted by Gasteiger charge is 2.14. The van der Waals surface area contributed by atoms with Crippen molar-refractivity contribution in [2.45, 2.75) is 20.3 Å². The number of carboxylic acid groups (broad SMARTS) is 1. The van der Waals surface area contributed by atoms with Gasteiger partial charge in [0.2, 0.25) is 5.91 Å². The van der Waals surface area contributed by atoms with Crippen molar-refractivity contribution in [1.82, 2.24) is 9.97 Å². The van der Waals surface area contributed by atoms with Crippen molar-refractivity contribution in [3.63, 3.8) is 0 Å². The third-order valence-electron chi connectivity index (χ3n) is 3.47. The average Bonchev–Trinajstić information content (AvgIpc) is 3.21. The van der Waals surface area contributed by atoms with Crippen LogP contribution in [0.1, 0.15) is 29.4 Å². The van der Waals surface area contributed by atoms with E-state index in [4.69, 9.17) is 0 Å². The maximum absolute atomic E-state index is 11.5. The highest BCUT2D eigenvalue weighted by Crippen LogP contribution is 2.35. The number of nitrogens with zero attached hydrogens (tertiary/aromatic N) is 2. The lowest BCUT2D eigenvalue weighted by atomic mass is 10.2. The van der Waals surface area contributed by atoms with Crippen LogP contribution in [0.4, 0.5) is 16.0 Å². The normalized spacial score (nSPS) is 10.5. The van der Waals surface area contributed by atoms with Crippen LogP contribution in [0.5, 0.6) is 0 Å². The van der Waals surface area contributed by atoms with Gasteiger partial charge in [0.15, 0.2) is 10.3 Å². The molecular weight excluding hydrogens is 372 g/mol. The molecule has 134 valence electrons. The standard InChI is InChI=1S/C17H16N4O3S2/c1-3-13(22)21-17-18-9(2)14(26-17)12-8-25-16(20-12)19-11-6-4-10(5-7-11)15(23)24/h4-8H,3H2,1-2H3,(H,19,20)(H,23,24)(H,18,21,22)/p-1. The van der Waals surface area contributed by atoms with Crippen molar-refractivity contribution in [3.8, 4) is 10.6 Å². The Morgan fingerprint density at radius 2 is 1.88 bits per heavy atom. The first-order valence-electron chi connectivity index (χ1n) is 7.78. The molecule has 0 unspecified atom stereocenters. The van der Waals surface area contributed by atoms with Gasteiger partial charge in [0, 0.05) is 17.5 Å². The summed E-state index contributed by atoms with van der Waals surface area (Å²) in [5.74, 6) is -1.29. The van der Waals surface area contributed by atoms with Crippen LogP contribution in [0, 0.1) is 6.92 Å². The highest BCUT2D eigenvalue weighted by molar-refractivity contribution is 7.20. The molecule has 0 spiro atoms. The number of amides is 1. The molecule has 0 atom stereocenters. The number of carbonyl (C=O) groups is 2. The molecule has 1 amide bonds. The third-order valence-corrected chi connectivity index (χ3v) is 5.33. The summed E-state index contributed by atoms with van der Waals surface area (Å²) >= 11 is 2.81. The van der Waals surface area contributed by atoms with Gasteiger partial charge < -0.3 is 20.5 Å². The molecule has 0 saturated heterocycles. The Hall–Kier alpha value is -2.78. The maximum atomic E-state index is 11.5. The Kier molecular flexibility index (Phi) is 5.29. The van der Waals surface area contributed by atoms with Crippen LogP contribution in [0.3, 0.4) is 0 Å². The van der Waals surface area contributed by atoms with E-state index in [0.717, 1.165) is 22.0 Å². The Bertz CT molecular complexity index is 947. The number of benzene rings is 1. The number of hydrogen-bond acceptors (Lipinski definition) is 8. The van der Waals surface area contributed by atoms with E-state index in [9.17, 15) is 14.7 Å². The van der Waals surface area contributed by atoms with E-state index in [1.54, 1.807) is 19.1 Å². The zero-order valence-electron chi connectivity index (χ0n) is 14.0. The van der Waals surface area contributed by atoms with Crippen molar-refractivity contribution in [1.29, 1.82) is 0 Å². The first-order valence-corrected chi connectivity index (χ1v) is 9.47. The van der Waals surface area contributed by atoms with Crippen molar-refractivity contribution >= 4 is 50.5 Å². The summed E-state index contributed by atoms with van der Waals surface area (Å²) in [5.41, 5.74) is 2.43. The predicted octanol–water partition coefficient (Wildman–Crippen LogP) is 3.03. The summed E-state index contributed by atoms with van der Waals surface area (Å²) in [6.45, 7) is 3.66. The fraction of sp³-hybridized carbons (Fsp3) is 0.176. The fourth-order valence-corrected chi connectivity index (χ4v) is 3.88. The van der Waals surface area contributed by atoms with Crippen molar-refractivity contribution in [2.24, 2.45) is 0 Å². The highest BCUT2D eigenvalue weighted by atomic mass is 32.1. The summed E-state index contributed by atoms with van der Waals surface area (Å²) in [4.78, 5) is 32.1. The lowest BCUT2D eigenvalue weighted by Gasteiger charge is -2.05. The molecule has 9 heteroatoms. The van der Waals surface area contributed by atoms with Gasteiger partial charge in [0.05, 0.1) is 22.2 Å². The number of anilines is 3. The van der Waals surface area contributed by atoms with Gasteiger partial charge in [0.1, 0.15) is 0 Å². The molecule has 0 fully saturated rings. The summed E-state index contributed by atoms with van der Waals surface area (Å²) in [7, 11) is 0. The minimum atomic E-state index is -1.21. The van der Waals surface area contributed by atoms with Crippen molar-refractivity contribution < 1.29 is 14.7 Å². The van der Waals surface area contributed by atoms with E-state index in [0.29, 0.717) is 16.7 Å². The summed E-state index contributed by atoms with van der Waals surface area (Å²) in [6, 6.07) is 6.26. The Labute approximate surface area is 157 Å². The second-order valence-corrected chi connectivity index (χ2v) is 7.22. The van der Waals surface area contributed by atoms with Crippen molar-refractivity contribution in [2.75, 3.05) is 10.6 Å². The largest absolute Gasteiger partial charge is 0.545 e. The predicted molar refractivity (Wildman–Crippen MR) is 101 cm³/mol. The molecule has 2 heterocycles. The second kappa shape index (κ2) is 7.63. The number of thiazole rings is 2. The van der Waals surface area contributed by atoms with Crippen molar-refractivity contribution in [3.05, 3.63) is 40.9 Å². The Morgan fingerprint density at radius 1 is 1.15 bits per heavy atom. The van der Waals surface area contributed by atoms with Gasteiger partial charge in [-0.25, -0.2) is 9.97 Å². The van der Waals surface area contributed by atoms with Crippen LogP contribution in [0.2, 0.25) is 0 Å². The molecule has 0 bridgehead atoms. The minimum absolute atomic E-state index is 0.0778. The topological polar surface area (TPSA) is 107 Å². The molecule has 7 nitrogen and oxygen atoms in total. The molecule has 0 radical (unpaired) electrons. The third kappa shape index (κ3) is 4.06. The number of aromatic carboxylic acids is 1. The molecule has 0 aliphatic carbocycles. The van der Waals surface area contributed by atoms with Gasteiger partial charge in [-0.15, -0.1) is 11.3 Å². The molecule has 26 heavy (non-hydrogen) atoms. The average molecular weight is 387 g/mol. The molecule has 0 saturated carbocycles. The number of aromatic nitrogens is 2. The number of hydrogen-bond donors (Lipinski definition) is 2. The molecule has 3 rings (SSSR count). The van der Waals surface area contributed by atoms with Gasteiger partial charge in [-0.05, 0) is 24.6 Å². The SMILES string of the molecule is CCC(=O)Nc1nc(C)c(-c2csc(Nc3ccc(C(=O)[O-])cc3)n2)s1. The van der Waals surface area contributed by atoms with Gasteiger partial charge in [-0.3, -0.25) is 4.79 Å². The Morgan fingerprint density at radius 3 is 2.54 bits per heavy atom. The molecular formula is C17H15N4O3S2-. The Balaban J connectivity index is 1.75. The molecule has 3 aromatic rings. The summed E-state index contributed by atoms with van der Waals surface area (Å²) in [5, 5.41) is 19.8. The van der Waals surface area contributed by atoms with E-state index in [2.05, 4.69) is 20.6 Å². The van der Waals surface area contributed by atoms with Gasteiger partial charge >= 0.3 is 0 Å². The number of aryl methyl sites for hydroxylation is 1. The lowest BCUT2D eigenvalue weighted by Crippen LogP contribution is -2.21. The molecule has 0 aliphatic heterocycles. The lowest BCUT2D eigenvalue weighted by molar-refractivity contribution is -0.255. The van der Waals surface area contributed by atoms with Crippen LogP contribution in [-0.2, 0) is 4.79 Å². The zero-order chi connectivity index (χ0) is 18.7. The monoisotopic (exact) mass is 387 g/mol. The first-order chi connectivity index (χ1) is 12.5. The summed E-state index contributed by atoms with van der Waals surface area (Å²) in [6.07, 6.45) is 0.398. The van der Waals surface area contributed by atoms with Crippen LogP contribution in [-0.4, -0.2) is 21.8 Å². The number of rotatable bonds is 6. The van der Waals surface area contributed by atoms with Crippen LogP contribution < -0.4 is 15.7 Å².